The van der Waals surface area contributed by atoms with Gasteiger partial charge in [0.2, 0.25) is 0 Å². The van der Waals surface area contributed by atoms with Crippen molar-refractivity contribution < 1.29 is 0 Å². The highest BCUT2D eigenvalue weighted by atomic mass is 35.5. The molecule has 0 saturated carbocycles. The van der Waals surface area contributed by atoms with Crippen LogP contribution in [0.3, 0.4) is 0 Å². The van der Waals surface area contributed by atoms with Gasteiger partial charge in [-0.1, -0.05) is 12.1 Å². The van der Waals surface area contributed by atoms with Gasteiger partial charge in [0.25, 0.3) is 5.56 Å². The molecule has 0 aliphatic rings. The number of hydrogen-bond donors (Lipinski definition) is 0. The molecule has 2 heterocycles. The molecule has 0 aliphatic heterocycles. The number of halogens is 2. The number of aromatic nitrogens is 2. The van der Waals surface area contributed by atoms with E-state index in [2.05, 4.69) is 6.07 Å². The summed E-state index contributed by atoms with van der Waals surface area (Å²) in [5, 5.41) is 2.52. The van der Waals surface area contributed by atoms with Crippen molar-refractivity contribution in [2.24, 2.45) is 0 Å². The lowest BCUT2D eigenvalue weighted by Crippen LogP contribution is -2.39. The van der Waals surface area contributed by atoms with Crippen LogP contribution in [0.4, 0.5) is 5.69 Å². The molecule has 2 aromatic carbocycles. The zero-order chi connectivity index (χ0) is 18.6. The standard InChI is InChI=1S/C20H22N4O2.2ClH/c1-21(2)10-11-23-19(25)15-7-5-6-14-16-12-13(22(3)4)8-9-17(16)24(18(14)15)20(23)26;;/h5-9,12H,10-11H2,1-4H3;2*1H. The normalized spacial score (nSPS) is 11.2. The van der Waals surface area contributed by atoms with Crippen LogP contribution >= 0.6 is 24.8 Å². The highest BCUT2D eigenvalue weighted by molar-refractivity contribution is 6.14. The summed E-state index contributed by atoms with van der Waals surface area (Å²) in [7, 11) is 7.83. The lowest BCUT2D eigenvalue weighted by Gasteiger charge is -2.12. The van der Waals surface area contributed by atoms with E-state index in [1.54, 1.807) is 4.40 Å². The van der Waals surface area contributed by atoms with Crippen molar-refractivity contribution >= 4 is 57.7 Å². The summed E-state index contributed by atoms with van der Waals surface area (Å²) in [6.07, 6.45) is 0. The molecule has 0 bridgehead atoms. The van der Waals surface area contributed by atoms with Crippen LogP contribution in [-0.4, -0.2) is 48.6 Å². The summed E-state index contributed by atoms with van der Waals surface area (Å²) < 4.78 is 3.04. The third-order valence-electron chi connectivity index (χ3n) is 4.96. The number of benzene rings is 2. The summed E-state index contributed by atoms with van der Waals surface area (Å²) >= 11 is 0. The molecule has 0 spiro atoms. The Balaban J connectivity index is 0.00000140. The quantitative estimate of drug-likeness (QED) is 0.507. The summed E-state index contributed by atoms with van der Waals surface area (Å²) in [5.41, 5.74) is 2.13. The average Bonchev–Trinajstić information content (AvgIpc) is 2.94. The van der Waals surface area contributed by atoms with E-state index in [0.29, 0.717) is 18.5 Å². The van der Waals surface area contributed by atoms with Gasteiger partial charge in [-0.2, -0.15) is 0 Å². The molecule has 0 aliphatic carbocycles. The van der Waals surface area contributed by atoms with Crippen molar-refractivity contribution in [2.75, 3.05) is 39.6 Å². The molecule has 150 valence electrons. The second-order valence-corrected chi connectivity index (χ2v) is 7.18. The first-order valence-electron chi connectivity index (χ1n) is 8.65. The minimum atomic E-state index is -0.270. The molecule has 6 nitrogen and oxygen atoms in total. The van der Waals surface area contributed by atoms with Crippen molar-refractivity contribution in [3.8, 4) is 0 Å². The molecule has 0 fully saturated rings. The SMILES string of the molecule is CN(C)CCn1c(=O)c2cccc3c4cc(N(C)C)ccc4n(c1=O)c23.Cl.Cl. The number of nitrogens with zero attached hydrogens (tertiary/aromatic N) is 4. The number of rotatable bonds is 4. The number of anilines is 1. The molecule has 0 amide bonds. The van der Waals surface area contributed by atoms with E-state index in [0.717, 1.165) is 27.5 Å². The minimum Gasteiger partial charge on any atom is -0.378 e. The van der Waals surface area contributed by atoms with E-state index in [9.17, 15) is 9.59 Å². The first kappa shape index (κ1) is 22.0. The Labute approximate surface area is 175 Å². The van der Waals surface area contributed by atoms with Crippen LogP contribution in [0.1, 0.15) is 0 Å². The van der Waals surface area contributed by atoms with Crippen LogP contribution in [0, 0.1) is 0 Å². The van der Waals surface area contributed by atoms with E-state index >= 15 is 0 Å². The fraction of sp³-hybridized carbons (Fsp3) is 0.300. The second kappa shape index (κ2) is 7.99. The van der Waals surface area contributed by atoms with Gasteiger partial charge >= 0.3 is 5.69 Å². The van der Waals surface area contributed by atoms with Crippen molar-refractivity contribution in [1.82, 2.24) is 13.9 Å². The van der Waals surface area contributed by atoms with Gasteiger partial charge in [-0.25, -0.2) is 4.79 Å². The fourth-order valence-electron chi connectivity index (χ4n) is 3.56. The van der Waals surface area contributed by atoms with Gasteiger partial charge in [-0.05, 0) is 38.4 Å². The van der Waals surface area contributed by atoms with E-state index < -0.39 is 0 Å². The van der Waals surface area contributed by atoms with Crippen LogP contribution in [0.5, 0.6) is 0 Å². The molecule has 0 radical (unpaired) electrons. The Kier molecular flexibility index (Phi) is 6.28. The molecule has 0 N–H and O–H groups in total. The number of likely N-dealkylation sites (N-methyl/N-ethyl adjacent to an activating group) is 1. The predicted octanol–water partition coefficient (Wildman–Crippen LogP) is 2.68. The second-order valence-electron chi connectivity index (χ2n) is 7.18. The number of fused-ring (bicyclic) bond motifs is 3. The maximum Gasteiger partial charge on any atom is 0.336 e. The third-order valence-corrected chi connectivity index (χ3v) is 4.96. The van der Waals surface area contributed by atoms with Crippen LogP contribution in [0.2, 0.25) is 0 Å². The summed E-state index contributed by atoms with van der Waals surface area (Å²) in [6.45, 7) is 1.00. The topological polar surface area (TPSA) is 50.0 Å². The van der Waals surface area contributed by atoms with Gasteiger partial charge in [-0.15, -0.1) is 24.8 Å². The molecule has 8 heteroatoms. The van der Waals surface area contributed by atoms with Crippen molar-refractivity contribution in [3.05, 3.63) is 57.2 Å². The largest absolute Gasteiger partial charge is 0.378 e. The predicted molar refractivity (Wildman–Crippen MR) is 122 cm³/mol. The Bertz CT molecular complexity index is 1240. The molecule has 0 atom stereocenters. The Morgan fingerprint density at radius 3 is 2.21 bits per heavy atom. The van der Waals surface area contributed by atoms with Crippen LogP contribution < -0.4 is 16.1 Å². The Hall–Kier alpha value is -2.28. The van der Waals surface area contributed by atoms with E-state index in [1.807, 2.05) is 68.3 Å². The summed E-state index contributed by atoms with van der Waals surface area (Å²) in [5.74, 6) is 0. The first-order chi connectivity index (χ1) is 12.4. The molecule has 0 unspecified atom stereocenters. The highest BCUT2D eigenvalue weighted by Gasteiger charge is 2.18. The van der Waals surface area contributed by atoms with Gasteiger partial charge in [0.05, 0.1) is 16.4 Å². The van der Waals surface area contributed by atoms with Crippen molar-refractivity contribution in [1.29, 1.82) is 0 Å². The van der Waals surface area contributed by atoms with Crippen molar-refractivity contribution in [3.63, 3.8) is 0 Å². The molecular formula is C20H24Cl2N4O2. The van der Waals surface area contributed by atoms with Gasteiger partial charge in [0, 0.05) is 43.6 Å². The third kappa shape index (κ3) is 3.21. The van der Waals surface area contributed by atoms with Gasteiger partial charge in [0.15, 0.2) is 0 Å². The van der Waals surface area contributed by atoms with Gasteiger partial charge in [-0.3, -0.25) is 13.8 Å². The first-order valence-corrected chi connectivity index (χ1v) is 8.65. The van der Waals surface area contributed by atoms with E-state index in [1.165, 1.54) is 4.57 Å². The minimum absolute atomic E-state index is 0. The monoisotopic (exact) mass is 422 g/mol. The van der Waals surface area contributed by atoms with Crippen LogP contribution in [-0.2, 0) is 6.54 Å². The zero-order valence-corrected chi connectivity index (χ0v) is 17.9. The maximum absolute atomic E-state index is 13.2. The highest BCUT2D eigenvalue weighted by Crippen LogP contribution is 2.31. The maximum atomic E-state index is 13.2. The molecule has 4 aromatic rings. The molecular weight excluding hydrogens is 399 g/mol. The summed E-state index contributed by atoms with van der Waals surface area (Å²) in [4.78, 5) is 30.1. The number of para-hydroxylation sites is 1. The van der Waals surface area contributed by atoms with Crippen molar-refractivity contribution in [2.45, 2.75) is 6.54 Å². The fourth-order valence-corrected chi connectivity index (χ4v) is 3.56. The van der Waals surface area contributed by atoms with E-state index in [4.69, 9.17) is 0 Å². The molecule has 28 heavy (non-hydrogen) atoms. The summed E-state index contributed by atoms with van der Waals surface area (Å²) in [6, 6.07) is 11.7. The van der Waals surface area contributed by atoms with Gasteiger partial charge in [0.1, 0.15) is 0 Å². The smallest absolute Gasteiger partial charge is 0.336 e. The van der Waals surface area contributed by atoms with Gasteiger partial charge < -0.3 is 9.80 Å². The molecule has 2 aromatic heterocycles. The number of hydrogen-bond acceptors (Lipinski definition) is 4. The Morgan fingerprint density at radius 2 is 1.57 bits per heavy atom. The average molecular weight is 423 g/mol. The van der Waals surface area contributed by atoms with E-state index in [-0.39, 0.29) is 36.1 Å². The lowest BCUT2D eigenvalue weighted by atomic mass is 10.1. The van der Waals surface area contributed by atoms with Crippen LogP contribution in [0.25, 0.3) is 27.2 Å². The Morgan fingerprint density at radius 1 is 0.893 bits per heavy atom. The van der Waals surface area contributed by atoms with Crippen LogP contribution in [0.15, 0.2) is 46.0 Å². The molecule has 0 saturated heterocycles. The molecule has 4 rings (SSSR count). The zero-order valence-electron chi connectivity index (χ0n) is 16.3. The lowest BCUT2D eigenvalue weighted by molar-refractivity contribution is 0.376.